The van der Waals surface area contributed by atoms with Crippen molar-refractivity contribution in [1.82, 2.24) is 15.3 Å². The molecule has 0 bridgehead atoms. The number of hydrogen-bond acceptors (Lipinski definition) is 10. The fourth-order valence-corrected chi connectivity index (χ4v) is 3.19. The summed E-state index contributed by atoms with van der Waals surface area (Å²) in [5, 5.41) is 6.03. The summed E-state index contributed by atoms with van der Waals surface area (Å²) < 4.78 is 16.1. The lowest BCUT2D eigenvalue weighted by molar-refractivity contribution is -0.136. The summed E-state index contributed by atoms with van der Waals surface area (Å²) in [4.78, 5) is 22.4. The molecule has 0 spiro atoms. The zero-order chi connectivity index (χ0) is 18.7. The number of rotatable bonds is 5. The molecule has 0 amide bonds. The van der Waals surface area contributed by atoms with Crippen molar-refractivity contribution >= 4 is 23.4 Å². The first-order valence-electron chi connectivity index (χ1n) is 7.99. The van der Waals surface area contributed by atoms with Crippen LogP contribution in [0.4, 0.5) is 5.82 Å². The summed E-state index contributed by atoms with van der Waals surface area (Å²) >= 11 is 6.11. The SMILES string of the molecule is COC(=O)/C(=C/N=N)NCc1nc(Cl)nc2c1OC[C@@H]1COC[C@@H](C)N21. The minimum atomic E-state index is -0.641. The van der Waals surface area contributed by atoms with E-state index in [9.17, 15) is 4.79 Å². The van der Waals surface area contributed by atoms with E-state index in [-0.39, 0.29) is 29.6 Å². The minimum absolute atomic E-state index is 0.0272. The molecule has 0 aliphatic carbocycles. The number of esters is 1. The lowest BCUT2D eigenvalue weighted by atomic mass is 10.1. The average molecular weight is 383 g/mol. The van der Waals surface area contributed by atoms with Crippen molar-refractivity contribution in [2.24, 2.45) is 5.11 Å². The molecule has 2 N–H and O–H groups in total. The standard InChI is InChI=1S/C15H19ClN6O4/c1-8-5-25-6-9-7-26-12-10(20-15(16)21-13(12)22(8)9)3-18-11(4-19-17)14(23)24-2/h4,8-9,17-18H,3,5-7H2,1-2H3/b11-4-,19-17?/t8-,9+/m1/s1. The summed E-state index contributed by atoms with van der Waals surface area (Å²) in [6.07, 6.45) is 1.06. The van der Waals surface area contributed by atoms with E-state index >= 15 is 0 Å². The van der Waals surface area contributed by atoms with Gasteiger partial charge in [-0.3, -0.25) is 0 Å². The number of hydrogen-bond donors (Lipinski definition) is 2. The molecule has 1 saturated heterocycles. The molecule has 0 aromatic carbocycles. The quantitative estimate of drug-likeness (QED) is 0.337. The molecule has 1 aromatic heterocycles. The second-order valence-corrected chi connectivity index (χ2v) is 6.21. The van der Waals surface area contributed by atoms with Gasteiger partial charge < -0.3 is 24.4 Å². The van der Waals surface area contributed by atoms with Gasteiger partial charge in [0.05, 0.1) is 45.2 Å². The number of nitrogens with zero attached hydrogens (tertiary/aromatic N) is 4. The van der Waals surface area contributed by atoms with Gasteiger partial charge in [-0.25, -0.2) is 15.3 Å². The average Bonchev–Trinajstić information content (AvgIpc) is 2.63. The Morgan fingerprint density at radius 1 is 1.50 bits per heavy atom. The molecule has 26 heavy (non-hydrogen) atoms. The van der Waals surface area contributed by atoms with Crippen LogP contribution in [-0.2, 0) is 20.8 Å². The van der Waals surface area contributed by atoms with Gasteiger partial charge in [0.15, 0.2) is 11.6 Å². The van der Waals surface area contributed by atoms with E-state index in [0.717, 1.165) is 6.20 Å². The van der Waals surface area contributed by atoms with E-state index in [1.165, 1.54) is 7.11 Å². The highest BCUT2D eigenvalue weighted by molar-refractivity contribution is 6.28. The first-order chi connectivity index (χ1) is 12.5. The monoisotopic (exact) mass is 382 g/mol. The summed E-state index contributed by atoms with van der Waals surface area (Å²) in [5.41, 5.74) is 7.43. The smallest absolute Gasteiger partial charge is 0.355 e. The predicted molar refractivity (Wildman–Crippen MR) is 91.2 cm³/mol. The van der Waals surface area contributed by atoms with Crippen molar-refractivity contribution in [3.8, 4) is 5.75 Å². The van der Waals surface area contributed by atoms with Crippen LogP contribution in [0.15, 0.2) is 17.0 Å². The molecule has 1 fully saturated rings. The van der Waals surface area contributed by atoms with Crippen molar-refractivity contribution in [2.45, 2.75) is 25.6 Å². The van der Waals surface area contributed by atoms with Gasteiger partial charge in [-0.2, -0.15) is 10.1 Å². The van der Waals surface area contributed by atoms with Crippen LogP contribution < -0.4 is 15.0 Å². The van der Waals surface area contributed by atoms with Crippen LogP contribution in [0.2, 0.25) is 5.28 Å². The molecule has 0 unspecified atom stereocenters. The molecule has 10 nitrogen and oxygen atoms in total. The zero-order valence-electron chi connectivity index (χ0n) is 14.4. The lowest BCUT2D eigenvalue weighted by Gasteiger charge is -2.44. The van der Waals surface area contributed by atoms with Crippen molar-refractivity contribution in [3.63, 3.8) is 0 Å². The van der Waals surface area contributed by atoms with Crippen molar-refractivity contribution in [2.75, 3.05) is 31.8 Å². The Hall–Kier alpha value is -2.46. The molecular formula is C15H19ClN6O4. The number of morpholine rings is 1. The molecular weight excluding hydrogens is 364 g/mol. The number of ether oxygens (including phenoxy) is 3. The molecule has 140 valence electrons. The maximum absolute atomic E-state index is 11.7. The van der Waals surface area contributed by atoms with Gasteiger partial charge in [0, 0.05) is 0 Å². The van der Waals surface area contributed by atoms with Crippen LogP contribution in [0.5, 0.6) is 5.75 Å². The van der Waals surface area contributed by atoms with Crippen LogP contribution in [0, 0.1) is 5.53 Å². The number of halogens is 1. The van der Waals surface area contributed by atoms with Gasteiger partial charge in [-0.15, -0.1) is 0 Å². The Balaban J connectivity index is 1.89. The second kappa shape index (κ2) is 7.83. The van der Waals surface area contributed by atoms with E-state index in [1.807, 2.05) is 6.92 Å². The van der Waals surface area contributed by atoms with Gasteiger partial charge in [0.1, 0.15) is 18.0 Å². The number of aromatic nitrogens is 2. The highest BCUT2D eigenvalue weighted by atomic mass is 35.5. The molecule has 11 heteroatoms. The Labute approximate surface area is 155 Å². The fourth-order valence-electron chi connectivity index (χ4n) is 3.01. The van der Waals surface area contributed by atoms with Crippen LogP contribution >= 0.6 is 11.6 Å². The number of carbonyl (C=O) groups is 1. The van der Waals surface area contributed by atoms with Crippen molar-refractivity contribution < 1.29 is 19.0 Å². The van der Waals surface area contributed by atoms with Crippen LogP contribution in [0.1, 0.15) is 12.6 Å². The van der Waals surface area contributed by atoms with Crippen LogP contribution in [-0.4, -0.2) is 55.0 Å². The first-order valence-corrected chi connectivity index (χ1v) is 8.37. The normalized spacial score (nSPS) is 22.0. The van der Waals surface area contributed by atoms with Crippen LogP contribution in [0.25, 0.3) is 0 Å². The largest absolute Gasteiger partial charge is 0.486 e. The third-order valence-corrected chi connectivity index (χ3v) is 4.31. The van der Waals surface area contributed by atoms with E-state index in [1.54, 1.807) is 0 Å². The van der Waals surface area contributed by atoms with E-state index in [0.29, 0.717) is 37.1 Å². The zero-order valence-corrected chi connectivity index (χ0v) is 15.1. The highest BCUT2D eigenvalue weighted by Crippen LogP contribution is 2.38. The maximum Gasteiger partial charge on any atom is 0.355 e. The number of nitrogens with one attached hydrogen (secondary N) is 2. The van der Waals surface area contributed by atoms with Gasteiger partial charge >= 0.3 is 5.97 Å². The summed E-state index contributed by atoms with van der Waals surface area (Å²) in [6, 6.07) is 0.182. The Morgan fingerprint density at radius 2 is 2.31 bits per heavy atom. The third kappa shape index (κ3) is 3.56. The van der Waals surface area contributed by atoms with Gasteiger partial charge in [0.2, 0.25) is 5.28 Å². The van der Waals surface area contributed by atoms with Gasteiger partial charge in [-0.1, -0.05) is 0 Å². The summed E-state index contributed by atoms with van der Waals surface area (Å²) in [7, 11) is 1.24. The van der Waals surface area contributed by atoms with E-state index < -0.39 is 5.97 Å². The highest BCUT2D eigenvalue weighted by Gasteiger charge is 2.37. The minimum Gasteiger partial charge on any atom is -0.486 e. The predicted octanol–water partition coefficient (Wildman–Crippen LogP) is 1.25. The van der Waals surface area contributed by atoms with Gasteiger partial charge in [0.25, 0.3) is 0 Å². The van der Waals surface area contributed by atoms with Crippen molar-refractivity contribution in [3.05, 3.63) is 22.9 Å². The first kappa shape index (κ1) is 18.3. The van der Waals surface area contributed by atoms with E-state index in [4.69, 9.17) is 26.6 Å². The number of anilines is 1. The molecule has 2 aliphatic rings. The van der Waals surface area contributed by atoms with E-state index in [2.05, 4.69) is 30.0 Å². The Bertz CT molecular complexity index is 743. The molecule has 2 atom stereocenters. The Morgan fingerprint density at radius 3 is 3.04 bits per heavy atom. The van der Waals surface area contributed by atoms with Gasteiger partial charge in [-0.05, 0) is 18.5 Å². The Kier molecular flexibility index (Phi) is 5.52. The number of carbonyl (C=O) groups excluding carboxylic acids is 1. The second-order valence-electron chi connectivity index (χ2n) is 5.87. The summed E-state index contributed by atoms with van der Waals surface area (Å²) in [5.74, 6) is 0.486. The molecule has 3 rings (SSSR count). The molecule has 1 aromatic rings. The van der Waals surface area contributed by atoms with Crippen molar-refractivity contribution in [1.29, 1.82) is 5.53 Å². The summed E-state index contributed by atoms with van der Waals surface area (Å²) in [6.45, 7) is 3.76. The molecule has 2 aliphatic heterocycles. The molecule has 0 saturated carbocycles. The maximum atomic E-state index is 11.7. The topological polar surface area (TPSA) is 122 Å². The fraction of sp³-hybridized carbons (Fsp3) is 0.533. The third-order valence-electron chi connectivity index (χ3n) is 4.14. The molecule has 3 heterocycles. The van der Waals surface area contributed by atoms with Crippen LogP contribution in [0.3, 0.4) is 0 Å². The number of methoxy groups -OCH3 is 1. The molecule has 0 radical (unpaired) electrons. The number of fused-ring (bicyclic) bond motifs is 3. The lowest BCUT2D eigenvalue weighted by Crippen LogP contribution is -2.56.